The molecule has 6 nitrogen and oxygen atoms in total. The Labute approximate surface area is 152 Å². The molecule has 0 saturated heterocycles. The standard InChI is InChI=1S/C20H22O6/c1-22-16-14(11-12-15(21)13-9-7-6-8-10-13)17(23-2)19(25-4)20(26-5)18(16)24-3/h6-12H,1-5H3. The largest absolute Gasteiger partial charge is 0.492 e. The molecule has 0 saturated carbocycles. The fourth-order valence-electron chi connectivity index (χ4n) is 2.63. The fourth-order valence-corrected chi connectivity index (χ4v) is 2.63. The minimum absolute atomic E-state index is 0.150. The van der Waals surface area contributed by atoms with Crippen molar-refractivity contribution in [2.45, 2.75) is 0 Å². The van der Waals surface area contributed by atoms with Crippen molar-refractivity contribution in [3.63, 3.8) is 0 Å². The van der Waals surface area contributed by atoms with Crippen LogP contribution in [0, 0.1) is 0 Å². The first-order valence-corrected chi connectivity index (χ1v) is 7.84. The second-order valence-electron chi connectivity index (χ2n) is 5.14. The van der Waals surface area contributed by atoms with Gasteiger partial charge in [-0.25, -0.2) is 0 Å². The molecule has 0 aliphatic rings. The number of carbonyl (C=O) groups excluding carboxylic acids is 1. The van der Waals surface area contributed by atoms with E-state index in [2.05, 4.69) is 0 Å². The summed E-state index contributed by atoms with van der Waals surface area (Å²) in [6, 6.07) is 8.96. The minimum atomic E-state index is -0.150. The number of methoxy groups -OCH3 is 5. The molecule has 0 aliphatic heterocycles. The van der Waals surface area contributed by atoms with E-state index < -0.39 is 0 Å². The lowest BCUT2D eigenvalue weighted by Gasteiger charge is -2.20. The van der Waals surface area contributed by atoms with Crippen molar-refractivity contribution in [2.24, 2.45) is 0 Å². The molecule has 0 unspecified atom stereocenters. The summed E-state index contributed by atoms with van der Waals surface area (Å²) in [6.45, 7) is 0. The van der Waals surface area contributed by atoms with Gasteiger partial charge in [0.2, 0.25) is 17.2 Å². The predicted molar refractivity (Wildman–Crippen MR) is 99.0 cm³/mol. The molecule has 0 aliphatic carbocycles. The number of benzene rings is 2. The number of hydrogen-bond donors (Lipinski definition) is 0. The van der Waals surface area contributed by atoms with E-state index in [0.29, 0.717) is 39.9 Å². The Bertz CT molecular complexity index is 763. The van der Waals surface area contributed by atoms with E-state index in [4.69, 9.17) is 23.7 Å². The number of rotatable bonds is 8. The summed E-state index contributed by atoms with van der Waals surface area (Å²) in [6.07, 6.45) is 3.05. The first-order valence-electron chi connectivity index (χ1n) is 7.84. The van der Waals surface area contributed by atoms with Gasteiger partial charge in [-0.3, -0.25) is 4.79 Å². The van der Waals surface area contributed by atoms with Crippen molar-refractivity contribution in [1.29, 1.82) is 0 Å². The van der Waals surface area contributed by atoms with Crippen LogP contribution in [0.25, 0.3) is 6.08 Å². The topological polar surface area (TPSA) is 63.2 Å². The molecule has 2 rings (SSSR count). The first-order chi connectivity index (χ1) is 12.6. The van der Waals surface area contributed by atoms with Crippen LogP contribution in [0.1, 0.15) is 15.9 Å². The Morgan fingerprint density at radius 1 is 0.692 bits per heavy atom. The summed E-state index contributed by atoms with van der Waals surface area (Å²) < 4.78 is 27.2. The van der Waals surface area contributed by atoms with Gasteiger partial charge in [0, 0.05) is 5.56 Å². The zero-order valence-corrected chi connectivity index (χ0v) is 15.5. The highest BCUT2D eigenvalue weighted by molar-refractivity contribution is 6.07. The average molecular weight is 358 g/mol. The van der Waals surface area contributed by atoms with Crippen molar-refractivity contribution in [3.05, 3.63) is 47.5 Å². The summed E-state index contributed by atoms with van der Waals surface area (Å²) in [4.78, 5) is 12.4. The number of allylic oxidation sites excluding steroid dienone is 1. The van der Waals surface area contributed by atoms with E-state index in [1.807, 2.05) is 18.2 Å². The number of ketones is 1. The van der Waals surface area contributed by atoms with Crippen molar-refractivity contribution >= 4 is 11.9 Å². The van der Waals surface area contributed by atoms with Gasteiger partial charge in [0.05, 0.1) is 41.1 Å². The summed E-state index contributed by atoms with van der Waals surface area (Å²) in [5, 5.41) is 0. The zero-order chi connectivity index (χ0) is 19.1. The molecular formula is C20H22O6. The maximum absolute atomic E-state index is 12.4. The molecule has 0 atom stereocenters. The summed E-state index contributed by atoms with van der Waals surface area (Å²) in [5.74, 6) is 1.64. The SMILES string of the molecule is COc1c(C=CC(=O)c2ccccc2)c(OC)c(OC)c(OC)c1OC. The van der Waals surface area contributed by atoms with Crippen molar-refractivity contribution in [2.75, 3.05) is 35.5 Å². The molecule has 0 spiro atoms. The molecule has 138 valence electrons. The third-order valence-corrected chi connectivity index (χ3v) is 3.79. The molecule has 6 heteroatoms. The third-order valence-electron chi connectivity index (χ3n) is 3.79. The van der Waals surface area contributed by atoms with Gasteiger partial charge in [0.25, 0.3) is 0 Å². The molecule has 0 heterocycles. The maximum Gasteiger partial charge on any atom is 0.211 e. The van der Waals surface area contributed by atoms with E-state index in [1.54, 1.807) is 18.2 Å². The van der Waals surface area contributed by atoms with Gasteiger partial charge in [-0.15, -0.1) is 0 Å². The van der Waals surface area contributed by atoms with Gasteiger partial charge in [0.1, 0.15) is 0 Å². The Morgan fingerprint density at radius 2 is 1.12 bits per heavy atom. The van der Waals surface area contributed by atoms with E-state index in [0.717, 1.165) is 0 Å². The summed E-state index contributed by atoms with van der Waals surface area (Å²) in [7, 11) is 7.48. The molecule has 0 amide bonds. The van der Waals surface area contributed by atoms with Gasteiger partial charge in [-0.2, -0.15) is 0 Å². The zero-order valence-electron chi connectivity index (χ0n) is 15.5. The molecule has 26 heavy (non-hydrogen) atoms. The van der Waals surface area contributed by atoms with Crippen molar-refractivity contribution in [1.82, 2.24) is 0 Å². The van der Waals surface area contributed by atoms with Gasteiger partial charge in [-0.1, -0.05) is 30.3 Å². The molecule has 0 bridgehead atoms. The van der Waals surface area contributed by atoms with Crippen molar-refractivity contribution in [3.8, 4) is 28.7 Å². The molecule has 2 aromatic carbocycles. The second kappa shape index (κ2) is 8.80. The van der Waals surface area contributed by atoms with Crippen LogP contribution in [0.5, 0.6) is 28.7 Å². The maximum atomic E-state index is 12.4. The van der Waals surface area contributed by atoms with Crippen LogP contribution < -0.4 is 23.7 Å². The molecule has 0 fully saturated rings. The molecule has 0 radical (unpaired) electrons. The van der Waals surface area contributed by atoms with Crippen LogP contribution in [-0.2, 0) is 0 Å². The van der Waals surface area contributed by atoms with Crippen LogP contribution >= 0.6 is 0 Å². The molecule has 0 N–H and O–H groups in total. The van der Waals surface area contributed by atoms with Crippen LogP contribution in [0.4, 0.5) is 0 Å². The Kier molecular flexibility index (Phi) is 6.49. The lowest BCUT2D eigenvalue weighted by molar-refractivity contribution is 0.104. The Morgan fingerprint density at radius 3 is 1.54 bits per heavy atom. The molecule has 2 aromatic rings. The van der Waals surface area contributed by atoms with Crippen LogP contribution in [0.15, 0.2) is 36.4 Å². The number of hydrogen-bond acceptors (Lipinski definition) is 6. The van der Waals surface area contributed by atoms with E-state index >= 15 is 0 Å². The van der Waals surface area contributed by atoms with Gasteiger partial charge >= 0.3 is 0 Å². The van der Waals surface area contributed by atoms with Crippen LogP contribution in [0.2, 0.25) is 0 Å². The van der Waals surface area contributed by atoms with Crippen molar-refractivity contribution < 1.29 is 28.5 Å². The highest BCUT2D eigenvalue weighted by Gasteiger charge is 2.27. The van der Waals surface area contributed by atoms with Crippen LogP contribution in [0.3, 0.4) is 0 Å². The lowest BCUT2D eigenvalue weighted by atomic mass is 10.1. The Hall–Kier alpha value is -3.15. The highest BCUT2D eigenvalue weighted by atomic mass is 16.6. The number of ether oxygens (including phenoxy) is 5. The minimum Gasteiger partial charge on any atom is -0.492 e. The van der Waals surface area contributed by atoms with E-state index in [-0.39, 0.29) is 5.78 Å². The fraction of sp³-hybridized carbons (Fsp3) is 0.250. The summed E-state index contributed by atoms with van der Waals surface area (Å²) in [5.41, 5.74) is 1.09. The monoisotopic (exact) mass is 358 g/mol. The normalized spacial score (nSPS) is 10.5. The second-order valence-corrected chi connectivity index (χ2v) is 5.14. The Balaban J connectivity index is 2.62. The lowest BCUT2D eigenvalue weighted by Crippen LogP contribution is -2.03. The highest BCUT2D eigenvalue weighted by Crippen LogP contribution is 2.53. The quantitative estimate of drug-likeness (QED) is 0.530. The summed E-state index contributed by atoms with van der Waals surface area (Å²) >= 11 is 0. The molecular weight excluding hydrogens is 336 g/mol. The van der Waals surface area contributed by atoms with E-state index in [9.17, 15) is 4.79 Å². The van der Waals surface area contributed by atoms with Gasteiger partial charge in [0.15, 0.2) is 17.3 Å². The van der Waals surface area contributed by atoms with Crippen LogP contribution in [-0.4, -0.2) is 41.3 Å². The first kappa shape index (κ1) is 19.2. The smallest absolute Gasteiger partial charge is 0.211 e. The van der Waals surface area contributed by atoms with Gasteiger partial charge < -0.3 is 23.7 Å². The number of carbonyl (C=O) groups is 1. The molecule has 0 aromatic heterocycles. The average Bonchev–Trinajstić information content (AvgIpc) is 2.70. The third kappa shape index (κ3) is 3.59. The predicted octanol–water partition coefficient (Wildman–Crippen LogP) is 3.63. The van der Waals surface area contributed by atoms with E-state index in [1.165, 1.54) is 41.6 Å². The van der Waals surface area contributed by atoms with Gasteiger partial charge in [-0.05, 0) is 12.2 Å².